The number of nitrogens with one attached hydrogen (secondary N) is 2. The van der Waals surface area contributed by atoms with Crippen LogP contribution >= 0.6 is 0 Å². The van der Waals surface area contributed by atoms with E-state index in [-0.39, 0.29) is 12.0 Å². The summed E-state index contributed by atoms with van der Waals surface area (Å²) in [7, 11) is 0. The predicted molar refractivity (Wildman–Crippen MR) is 65.9 cm³/mol. The van der Waals surface area contributed by atoms with Crippen LogP contribution in [-0.4, -0.2) is 62.3 Å². The van der Waals surface area contributed by atoms with Crippen molar-refractivity contribution >= 4 is 5.91 Å². The maximum Gasteiger partial charge on any atom is 0.234 e. The molecule has 1 amide bonds. The van der Waals surface area contributed by atoms with E-state index in [1.807, 2.05) is 0 Å². The van der Waals surface area contributed by atoms with E-state index in [4.69, 9.17) is 4.74 Å². The first kappa shape index (κ1) is 12.8. The maximum absolute atomic E-state index is 11.8. The number of ether oxygens (including phenoxy) is 1. The van der Waals surface area contributed by atoms with E-state index in [1.54, 1.807) is 0 Å². The van der Waals surface area contributed by atoms with Crippen LogP contribution in [0.15, 0.2) is 0 Å². The second-order valence-electron chi connectivity index (χ2n) is 4.81. The third-order valence-electron chi connectivity index (χ3n) is 3.58. The molecule has 2 N–H and O–H groups in total. The first-order chi connectivity index (χ1) is 8.29. The second-order valence-corrected chi connectivity index (χ2v) is 4.81. The highest BCUT2D eigenvalue weighted by atomic mass is 16.5. The minimum absolute atomic E-state index is 0.120. The molecule has 0 aliphatic carbocycles. The molecule has 2 saturated heterocycles. The van der Waals surface area contributed by atoms with Gasteiger partial charge in [-0.1, -0.05) is 6.92 Å². The predicted octanol–water partition coefficient (Wildman–Crippen LogP) is -0.425. The monoisotopic (exact) mass is 241 g/mol. The average molecular weight is 241 g/mol. The smallest absolute Gasteiger partial charge is 0.234 e. The lowest BCUT2D eigenvalue weighted by atomic mass is 10.1. The SMILES string of the molecule is CCN(CC(=O)NCC1CCCO1)C1CNC1. The van der Waals surface area contributed by atoms with Crippen LogP contribution in [0.5, 0.6) is 0 Å². The molecule has 5 nitrogen and oxygen atoms in total. The number of carbonyl (C=O) groups excluding carboxylic acids is 1. The van der Waals surface area contributed by atoms with Gasteiger partial charge in [-0.2, -0.15) is 0 Å². The van der Waals surface area contributed by atoms with E-state index >= 15 is 0 Å². The van der Waals surface area contributed by atoms with Gasteiger partial charge in [0.25, 0.3) is 0 Å². The Morgan fingerprint density at radius 3 is 2.88 bits per heavy atom. The average Bonchev–Trinajstić information content (AvgIpc) is 2.75. The zero-order valence-corrected chi connectivity index (χ0v) is 10.6. The van der Waals surface area contributed by atoms with Crippen LogP contribution in [0.4, 0.5) is 0 Å². The number of hydrogen-bond donors (Lipinski definition) is 2. The highest BCUT2D eigenvalue weighted by molar-refractivity contribution is 5.78. The Hall–Kier alpha value is -0.650. The Labute approximate surface area is 103 Å². The molecule has 2 aliphatic rings. The van der Waals surface area contributed by atoms with Gasteiger partial charge >= 0.3 is 0 Å². The van der Waals surface area contributed by atoms with Gasteiger partial charge in [-0.05, 0) is 19.4 Å². The van der Waals surface area contributed by atoms with E-state index in [0.717, 1.165) is 39.1 Å². The summed E-state index contributed by atoms with van der Waals surface area (Å²) in [6, 6.07) is 0.536. The molecule has 2 rings (SSSR count). The van der Waals surface area contributed by atoms with Crippen LogP contribution in [0.3, 0.4) is 0 Å². The fourth-order valence-corrected chi connectivity index (χ4v) is 2.30. The molecule has 0 spiro atoms. The van der Waals surface area contributed by atoms with Gasteiger partial charge in [-0.25, -0.2) is 0 Å². The molecule has 0 aromatic rings. The number of hydrogen-bond acceptors (Lipinski definition) is 4. The van der Waals surface area contributed by atoms with Crippen molar-refractivity contribution in [3.8, 4) is 0 Å². The lowest BCUT2D eigenvalue weighted by Gasteiger charge is -2.37. The zero-order chi connectivity index (χ0) is 12.1. The summed E-state index contributed by atoms with van der Waals surface area (Å²) < 4.78 is 5.48. The number of amides is 1. The quantitative estimate of drug-likeness (QED) is 0.663. The Morgan fingerprint density at radius 2 is 2.35 bits per heavy atom. The van der Waals surface area contributed by atoms with E-state index in [2.05, 4.69) is 22.5 Å². The van der Waals surface area contributed by atoms with Gasteiger partial charge in [-0.3, -0.25) is 9.69 Å². The number of carbonyl (C=O) groups is 1. The van der Waals surface area contributed by atoms with Gasteiger partial charge in [0.1, 0.15) is 0 Å². The molecular weight excluding hydrogens is 218 g/mol. The third-order valence-corrected chi connectivity index (χ3v) is 3.58. The van der Waals surface area contributed by atoms with Crippen LogP contribution in [0.1, 0.15) is 19.8 Å². The molecule has 0 aromatic carbocycles. The van der Waals surface area contributed by atoms with Crippen molar-refractivity contribution in [1.29, 1.82) is 0 Å². The van der Waals surface area contributed by atoms with Crippen LogP contribution in [0.2, 0.25) is 0 Å². The molecule has 2 heterocycles. The molecule has 2 aliphatic heterocycles. The fraction of sp³-hybridized carbons (Fsp3) is 0.917. The Balaban J connectivity index is 1.64. The van der Waals surface area contributed by atoms with Gasteiger partial charge in [0.2, 0.25) is 5.91 Å². The Bertz CT molecular complexity index is 250. The number of rotatable bonds is 6. The van der Waals surface area contributed by atoms with Crippen LogP contribution in [0.25, 0.3) is 0 Å². The highest BCUT2D eigenvalue weighted by Gasteiger charge is 2.25. The molecule has 0 bridgehead atoms. The lowest BCUT2D eigenvalue weighted by Crippen LogP contribution is -2.59. The minimum Gasteiger partial charge on any atom is -0.376 e. The Kier molecular flexibility index (Phi) is 4.76. The van der Waals surface area contributed by atoms with Gasteiger partial charge in [0.15, 0.2) is 0 Å². The van der Waals surface area contributed by atoms with Crippen molar-refractivity contribution in [1.82, 2.24) is 15.5 Å². The fourth-order valence-electron chi connectivity index (χ4n) is 2.30. The highest BCUT2D eigenvalue weighted by Crippen LogP contribution is 2.10. The summed E-state index contributed by atoms with van der Waals surface area (Å²) in [5, 5.41) is 6.20. The molecule has 0 radical (unpaired) electrons. The van der Waals surface area contributed by atoms with Crippen molar-refractivity contribution in [2.24, 2.45) is 0 Å². The van der Waals surface area contributed by atoms with E-state index < -0.39 is 0 Å². The van der Waals surface area contributed by atoms with Crippen LogP contribution in [0, 0.1) is 0 Å². The second kappa shape index (κ2) is 6.33. The molecule has 1 atom stereocenters. The normalized spacial score (nSPS) is 24.9. The topological polar surface area (TPSA) is 53.6 Å². The maximum atomic E-state index is 11.8. The van der Waals surface area contributed by atoms with Crippen molar-refractivity contribution in [3.05, 3.63) is 0 Å². The molecule has 98 valence electrons. The molecule has 2 fully saturated rings. The molecule has 17 heavy (non-hydrogen) atoms. The lowest BCUT2D eigenvalue weighted by molar-refractivity contribution is -0.123. The third kappa shape index (κ3) is 3.66. The molecule has 0 aromatic heterocycles. The summed E-state index contributed by atoms with van der Waals surface area (Å²) in [5.74, 6) is 0.120. The molecular formula is C12H23N3O2. The number of likely N-dealkylation sites (N-methyl/N-ethyl adjacent to an activating group) is 1. The largest absolute Gasteiger partial charge is 0.376 e. The first-order valence-corrected chi connectivity index (χ1v) is 6.62. The summed E-state index contributed by atoms with van der Waals surface area (Å²) in [5.41, 5.74) is 0. The summed E-state index contributed by atoms with van der Waals surface area (Å²) in [6.07, 6.45) is 2.43. The van der Waals surface area contributed by atoms with E-state index in [1.165, 1.54) is 0 Å². The van der Waals surface area contributed by atoms with Crippen molar-refractivity contribution in [2.45, 2.75) is 31.9 Å². The van der Waals surface area contributed by atoms with E-state index in [9.17, 15) is 4.79 Å². The standard InChI is InChI=1S/C12H23N3O2/c1-2-15(10-6-13-7-10)9-12(16)14-8-11-4-3-5-17-11/h10-11,13H,2-9H2,1H3,(H,14,16). The molecule has 1 unspecified atom stereocenters. The Morgan fingerprint density at radius 1 is 1.53 bits per heavy atom. The number of nitrogens with zero attached hydrogens (tertiary/aromatic N) is 1. The van der Waals surface area contributed by atoms with Gasteiger partial charge in [0.05, 0.1) is 12.6 Å². The molecule has 0 saturated carbocycles. The summed E-state index contributed by atoms with van der Waals surface area (Å²) >= 11 is 0. The van der Waals surface area contributed by atoms with Gasteiger partial charge in [0, 0.05) is 32.3 Å². The summed E-state index contributed by atoms with van der Waals surface area (Å²) in [6.45, 7) is 7.06. The van der Waals surface area contributed by atoms with Crippen molar-refractivity contribution < 1.29 is 9.53 Å². The first-order valence-electron chi connectivity index (χ1n) is 6.62. The minimum atomic E-state index is 0.120. The van der Waals surface area contributed by atoms with Crippen LogP contribution < -0.4 is 10.6 Å². The summed E-state index contributed by atoms with van der Waals surface area (Å²) in [4.78, 5) is 14.0. The van der Waals surface area contributed by atoms with Crippen LogP contribution in [-0.2, 0) is 9.53 Å². The van der Waals surface area contributed by atoms with Crippen molar-refractivity contribution in [3.63, 3.8) is 0 Å². The zero-order valence-electron chi connectivity index (χ0n) is 10.6. The van der Waals surface area contributed by atoms with Crippen molar-refractivity contribution in [2.75, 3.05) is 39.3 Å². The van der Waals surface area contributed by atoms with Gasteiger partial charge < -0.3 is 15.4 Å². The van der Waals surface area contributed by atoms with E-state index in [0.29, 0.717) is 19.1 Å². The molecule has 5 heteroatoms. The van der Waals surface area contributed by atoms with Gasteiger partial charge in [-0.15, -0.1) is 0 Å².